The summed E-state index contributed by atoms with van der Waals surface area (Å²) in [5.41, 5.74) is 5.50. The molecule has 0 aromatic carbocycles. The number of carboxylic acids is 1. The number of ether oxygens (including phenoxy) is 2. The normalized spacial score (nSPS) is 14.0. The van der Waals surface area contributed by atoms with Crippen molar-refractivity contribution in [3.05, 3.63) is 0 Å². The molecule has 0 saturated carbocycles. The Balaban J connectivity index is 3.91. The number of hydrogen-bond acceptors (Lipinski definition) is 5. The predicted octanol–water partition coefficient (Wildman–Crippen LogP) is 2.91. The van der Waals surface area contributed by atoms with Crippen LogP contribution in [0.5, 0.6) is 0 Å². The Kier molecular flexibility index (Phi) is 15.4. The van der Waals surface area contributed by atoms with Gasteiger partial charge < -0.3 is 20.3 Å². The topological polar surface area (TPSA) is 81.8 Å². The molecule has 0 aliphatic rings. The van der Waals surface area contributed by atoms with Gasteiger partial charge in [0.1, 0.15) is 6.04 Å². The summed E-state index contributed by atoms with van der Waals surface area (Å²) in [5.74, 6) is 0.171. The number of thioether (sulfide) groups is 1. The highest BCUT2D eigenvalue weighted by atomic mass is 32.2. The molecule has 0 amide bonds. The molecule has 0 aliphatic carbocycles. The fraction of sp³-hybridized carbons (Fsp3) is 0.938. The van der Waals surface area contributed by atoms with Crippen LogP contribution in [-0.2, 0) is 14.3 Å². The van der Waals surface area contributed by atoms with E-state index >= 15 is 0 Å². The first-order valence-corrected chi connectivity index (χ1v) is 9.52. The Bertz CT molecular complexity index is 267. The van der Waals surface area contributed by atoms with Crippen LogP contribution in [0.15, 0.2) is 0 Å². The van der Waals surface area contributed by atoms with Gasteiger partial charge in [-0.15, -0.1) is 0 Å². The van der Waals surface area contributed by atoms with Crippen LogP contribution in [0.4, 0.5) is 0 Å². The molecule has 2 unspecified atom stereocenters. The number of aliphatic carboxylic acids is 1. The minimum Gasteiger partial charge on any atom is -0.480 e. The molecular formula is C16H33NO4S. The first-order valence-electron chi connectivity index (χ1n) is 8.37. The molecule has 3 N–H and O–H groups in total. The van der Waals surface area contributed by atoms with Gasteiger partial charge in [-0.05, 0) is 12.8 Å². The van der Waals surface area contributed by atoms with E-state index in [1.54, 1.807) is 0 Å². The molecule has 0 spiro atoms. The van der Waals surface area contributed by atoms with Gasteiger partial charge in [0.25, 0.3) is 0 Å². The summed E-state index contributed by atoms with van der Waals surface area (Å²) in [6, 6.07) is -0.809. The molecule has 0 rings (SSSR count). The van der Waals surface area contributed by atoms with Gasteiger partial charge in [-0.2, -0.15) is 11.8 Å². The van der Waals surface area contributed by atoms with Crippen molar-refractivity contribution in [2.75, 3.05) is 31.3 Å². The van der Waals surface area contributed by atoms with Crippen molar-refractivity contribution in [2.45, 2.75) is 64.5 Å². The molecule has 5 nitrogen and oxygen atoms in total. The van der Waals surface area contributed by atoms with Crippen molar-refractivity contribution in [3.8, 4) is 0 Å². The summed E-state index contributed by atoms with van der Waals surface area (Å²) in [6.07, 6.45) is 6.86. The lowest BCUT2D eigenvalue weighted by molar-refractivity contribution is -0.137. The van der Waals surface area contributed by atoms with Crippen LogP contribution in [0.25, 0.3) is 0 Å². The van der Waals surface area contributed by atoms with Crippen LogP contribution >= 0.6 is 11.8 Å². The van der Waals surface area contributed by atoms with E-state index in [0.717, 1.165) is 31.8 Å². The number of nitrogens with two attached hydrogens (primary N) is 1. The van der Waals surface area contributed by atoms with Gasteiger partial charge >= 0.3 is 5.97 Å². The molecule has 22 heavy (non-hydrogen) atoms. The van der Waals surface area contributed by atoms with Crippen LogP contribution in [0.3, 0.4) is 0 Å². The summed E-state index contributed by atoms with van der Waals surface area (Å²) in [6.45, 7) is 6.41. The molecular weight excluding hydrogens is 302 g/mol. The maximum Gasteiger partial charge on any atom is 0.321 e. The van der Waals surface area contributed by atoms with E-state index in [2.05, 4.69) is 13.8 Å². The fourth-order valence-corrected chi connectivity index (χ4v) is 2.80. The number of unbranched alkanes of at least 4 members (excludes halogenated alkanes) is 4. The molecule has 0 aromatic heterocycles. The van der Waals surface area contributed by atoms with Gasteiger partial charge in [-0.1, -0.05) is 39.5 Å². The summed E-state index contributed by atoms with van der Waals surface area (Å²) >= 11 is 1.52. The summed E-state index contributed by atoms with van der Waals surface area (Å²) < 4.78 is 11.5. The second-order valence-corrected chi connectivity index (χ2v) is 6.54. The van der Waals surface area contributed by atoms with E-state index in [-0.39, 0.29) is 6.10 Å². The molecule has 0 saturated heterocycles. The van der Waals surface area contributed by atoms with Crippen molar-refractivity contribution in [3.63, 3.8) is 0 Å². The SMILES string of the molecule is CCCCCOCC(CSCC(N)C(=O)O)OCCCCC. The highest BCUT2D eigenvalue weighted by molar-refractivity contribution is 7.99. The van der Waals surface area contributed by atoms with Crippen molar-refractivity contribution in [2.24, 2.45) is 5.73 Å². The van der Waals surface area contributed by atoms with E-state index < -0.39 is 12.0 Å². The van der Waals surface area contributed by atoms with Gasteiger partial charge in [0.05, 0.1) is 12.7 Å². The third-order valence-corrected chi connectivity index (χ3v) is 4.42. The van der Waals surface area contributed by atoms with Crippen LogP contribution in [0, 0.1) is 0 Å². The lowest BCUT2D eigenvalue weighted by Gasteiger charge is -2.18. The Hall–Kier alpha value is -0.300. The van der Waals surface area contributed by atoms with Gasteiger partial charge in [-0.3, -0.25) is 4.79 Å². The Labute approximate surface area is 139 Å². The van der Waals surface area contributed by atoms with Crippen molar-refractivity contribution in [1.29, 1.82) is 0 Å². The Morgan fingerprint density at radius 1 is 1.09 bits per heavy atom. The molecule has 0 fully saturated rings. The predicted molar refractivity (Wildman–Crippen MR) is 92.5 cm³/mol. The molecule has 2 atom stereocenters. The largest absolute Gasteiger partial charge is 0.480 e. The zero-order valence-electron chi connectivity index (χ0n) is 14.1. The lowest BCUT2D eigenvalue weighted by atomic mass is 10.2. The monoisotopic (exact) mass is 335 g/mol. The zero-order chi connectivity index (χ0) is 16.6. The Morgan fingerprint density at radius 2 is 1.73 bits per heavy atom. The lowest BCUT2D eigenvalue weighted by Crippen LogP contribution is -2.33. The Morgan fingerprint density at radius 3 is 2.32 bits per heavy atom. The first-order chi connectivity index (χ1) is 10.6. The number of hydrogen-bond donors (Lipinski definition) is 2. The van der Waals surface area contributed by atoms with Crippen molar-refractivity contribution in [1.82, 2.24) is 0 Å². The third-order valence-electron chi connectivity index (χ3n) is 3.22. The van der Waals surface area contributed by atoms with Crippen molar-refractivity contribution < 1.29 is 19.4 Å². The molecule has 0 radical (unpaired) electrons. The molecule has 6 heteroatoms. The number of rotatable bonds is 16. The molecule has 132 valence electrons. The van der Waals surface area contributed by atoms with E-state index in [1.165, 1.54) is 37.4 Å². The van der Waals surface area contributed by atoms with Crippen molar-refractivity contribution >= 4 is 17.7 Å². The van der Waals surface area contributed by atoms with Crippen LogP contribution in [0.1, 0.15) is 52.4 Å². The summed E-state index contributed by atoms with van der Waals surface area (Å²) in [5, 5.41) is 8.78. The first kappa shape index (κ1) is 21.7. The van der Waals surface area contributed by atoms with E-state index in [4.69, 9.17) is 20.3 Å². The molecule has 0 heterocycles. The highest BCUT2D eigenvalue weighted by Crippen LogP contribution is 2.10. The van der Waals surface area contributed by atoms with E-state index in [9.17, 15) is 4.79 Å². The standard InChI is InChI=1S/C16H33NO4S/c1-3-5-7-9-20-11-14(21-10-8-6-4-2)12-22-13-15(17)16(18)19/h14-15H,3-13,17H2,1-2H3,(H,18,19). The third kappa shape index (κ3) is 13.4. The maximum atomic E-state index is 10.7. The molecule has 0 aromatic rings. The smallest absolute Gasteiger partial charge is 0.321 e. The zero-order valence-corrected chi connectivity index (χ0v) is 14.9. The summed E-state index contributed by atoms with van der Waals surface area (Å²) in [7, 11) is 0. The molecule has 0 aliphatic heterocycles. The minimum atomic E-state index is -0.955. The average Bonchev–Trinajstić information content (AvgIpc) is 2.50. The van der Waals surface area contributed by atoms with Gasteiger partial charge in [0.2, 0.25) is 0 Å². The van der Waals surface area contributed by atoms with E-state index in [1.807, 2.05) is 0 Å². The van der Waals surface area contributed by atoms with Gasteiger partial charge in [0, 0.05) is 24.7 Å². The van der Waals surface area contributed by atoms with E-state index in [0.29, 0.717) is 12.4 Å². The van der Waals surface area contributed by atoms with Crippen LogP contribution in [0.2, 0.25) is 0 Å². The molecule has 0 bridgehead atoms. The maximum absolute atomic E-state index is 10.7. The second-order valence-electron chi connectivity index (χ2n) is 5.46. The van der Waals surface area contributed by atoms with Crippen LogP contribution < -0.4 is 5.73 Å². The quantitative estimate of drug-likeness (QED) is 0.422. The minimum absolute atomic E-state index is 0.0180. The number of carbonyl (C=O) groups is 1. The fourth-order valence-electron chi connectivity index (χ4n) is 1.81. The summed E-state index contributed by atoms with van der Waals surface area (Å²) in [4.78, 5) is 10.7. The average molecular weight is 336 g/mol. The highest BCUT2D eigenvalue weighted by Gasteiger charge is 2.14. The number of carboxylic acid groups (broad SMARTS) is 1. The van der Waals surface area contributed by atoms with Crippen LogP contribution in [-0.4, -0.2) is 54.5 Å². The van der Waals surface area contributed by atoms with Gasteiger partial charge in [-0.25, -0.2) is 0 Å². The second kappa shape index (κ2) is 15.6. The van der Waals surface area contributed by atoms with Gasteiger partial charge in [0.15, 0.2) is 0 Å².